The fraction of sp³-hybridized carbons (Fsp3) is 0.348. The molecule has 3 aliphatic rings. The van der Waals surface area contributed by atoms with Gasteiger partial charge in [0.15, 0.2) is 0 Å². The summed E-state index contributed by atoms with van der Waals surface area (Å²) in [4.78, 5) is 30.7. The zero-order chi connectivity index (χ0) is 22.7. The second kappa shape index (κ2) is 7.23. The number of methoxy groups -OCH3 is 1. The number of hydrogen-bond acceptors (Lipinski definition) is 6. The number of amides is 2. The number of benzene rings is 2. The lowest BCUT2D eigenvalue weighted by atomic mass is 9.52. The maximum atomic E-state index is 13.8. The first-order valence-electron chi connectivity index (χ1n) is 10.4. The van der Waals surface area contributed by atoms with Gasteiger partial charge in [-0.25, -0.2) is 4.79 Å². The van der Waals surface area contributed by atoms with E-state index in [4.69, 9.17) is 4.74 Å². The van der Waals surface area contributed by atoms with E-state index in [1.54, 1.807) is 4.90 Å². The first-order chi connectivity index (χ1) is 15.5. The van der Waals surface area contributed by atoms with Gasteiger partial charge in [0.2, 0.25) is 5.91 Å². The van der Waals surface area contributed by atoms with Gasteiger partial charge in [0.25, 0.3) is 0 Å². The molecule has 0 radical (unpaired) electrons. The summed E-state index contributed by atoms with van der Waals surface area (Å²) in [6, 6.07) is 13.4. The number of hydrogen-bond donors (Lipinski definition) is 2. The Morgan fingerprint density at radius 1 is 1.31 bits per heavy atom. The van der Waals surface area contributed by atoms with E-state index in [9.17, 15) is 14.8 Å². The van der Waals surface area contributed by atoms with Crippen LogP contribution in [0.3, 0.4) is 0 Å². The SMILES string of the molecule is COC(=O)N1c2ccccc2[C@]2(CCNC2=O)[C@@]2(C/C=N/O)c3c(Br)cccc3N(C)[C@@H]12. The molecule has 0 saturated carbocycles. The van der Waals surface area contributed by atoms with E-state index in [1.165, 1.54) is 13.3 Å². The van der Waals surface area contributed by atoms with Crippen LogP contribution in [0.2, 0.25) is 0 Å². The Bertz CT molecular complexity index is 1150. The summed E-state index contributed by atoms with van der Waals surface area (Å²) in [7, 11) is 3.27. The van der Waals surface area contributed by atoms with Crippen molar-refractivity contribution >= 4 is 45.5 Å². The van der Waals surface area contributed by atoms with E-state index in [1.807, 2.05) is 54.4 Å². The molecule has 9 heteroatoms. The smallest absolute Gasteiger partial charge is 0.415 e. The van der Waals surface area contributed by atoms with Crippen molar-refractivity contribution in [2.24, 2.45) is 5.16 Å². The van der Waals surface area contributed by atoms with Gasteiger partial charge in [-0.1, -0.05) is 40.2 Å². The van der Waals surface area contributed by atoms with Gasteiger partial charge in [0.05, 0.1) is 23.6 Å². The third-order valence-electron chi connectivity index (χ3n) is 7.29. The van der Waals surface area contributed by atoms with Gasteiger partial charge in [0, 0.05) is 42.0 Å². The molecule has 2 N–H and O–H groups in total. The normalized spacial score (nSPS) is 28.0. The highest BCUT2D eigenvalue weighted by Crippen LogP contribution is 2.65. The van der Waals surface area contributed by atoms with E-state index in [2.05, 4.69) is 26.4 Å². The summed E-state index contributed by atoms with van der Waals surface area (Å²) < 4.78 is 6.06. The van der Waals surface area contributed by atoms with Gasteiger partial charge in [-0.15, -0.1) is 5.16 Å². The van der Waals surface area contributed by atoms with Gasteiger partial charge in [-0.3, -0.25) is 9.69 Å². The molecule has 0 unspecified atom stereocenters. The first kappa shape index (κ1) is 20.8. The van der Waals surface area contributed by atoms with E-state index >= 15 is 0 Å². The Labute approximate surface area is 194 Å². The molecular formula is C23H23BrN4O4. The molecule has 2 amide bonds. The van der Waals surface area contributed by atoms with Crippen molar-refractivity contribution in [3.05, 3.63) is 58.1 Å². The van der Waals surface area contributed by atoms with Crippen LogP contribution in [0.1, 0.15) is 24.0 Å². The molecule has 2 aromatic rings. The Morgan fingerprint density at radius 2 is 2.06 bits per heavy atom. The molecule has 0 aromatic heterocycles. The van der Waals surface area contributed by atoms with Crippen molar-refractivity contribution in [1.29, 1.82) is 0 Å². The standard InChI is InChI=1S/C23H23BrN4O4/c1-27-17-9-5-7-15(24)18(17)23(11-13-26-31)20(27)28(21(30)32-2)16-8-4-3-6-14(16)22(23)10-12-25-19(22)29/h3-9,13,20,31H,10-12H2,1-2H3,(H,25,29)/b26-13+/t20-,22-,23-/m0/s1. The predicted molar refractivity (Wildman–Crippen MR) is 124 cm³/mol. The molecule has 166 valence electrons. The fourth-order valence-corrected chi connectivity index (χ4v) is 6.97. The monoisotopic (exact) mass is 498 g/mol. The summed E-state index contributed by atoms with van der Waals surface area (Å²) in [6.07, 6.45) is 1.11. The quantitative estimate of drug-likeness (QED) is 0.376. The lowest BCUT2D eigenvalue weighted by Gasteiger charge is -2.56. The highest BCUT2D eigenvalue weighted by atomic mass is 79.9. The first-order valence-corrected chi connectivity index (χ1v) is 11.2. The molecule has 3 heterocycles. The average molecular weight is 499 g/mol. The van der Waals surface area contributed by atoms with E-state index in [0.29, 0.717) is 18.7 Å². The maximum absolute atomic E-state index is 13.8. The van der Waals surface area contributed by atoms with Crippen LogP contribution >= 0.6 is 15.9 Å². The Morgan fingerprint density at radius 3 is 2.75 bits per heavy atom. The minimum absolute atomic E-state index is 0.0946. The van der Waals surface area contributed by atoms with Crippen LogP contribution in [-0.2, 0) is 20.4 Å². The Hall–Kier alpha value is -3.07. The molecule has 3 atom stereocenters. The fourth-order valence-electron chi connectivity index (χ4n) is 6.26. The van der Waals surface area contributed by atoms with Crippen molar-refractivity contribution in [1.82, 2.24) is 5.32 Å². The number of nitrogens with one attached hydrogen (secondary N) is 1. The molecule has 5 rings (SSSR count). The van der Waals surface area contributed by atoms with Crippen molar-refractivity contribution in [2.75, 3.05) is 30.5 Å². The van der Waals surface area contributed by atoms with Crippen molar-refractivity contribution in [3.8, 4) is 0 Å². The van der Waals surface area contributed by atoms with E-state index < -0.39 is 23.1 Å². The van der Waals surface area contributed by atoms with Gasteiger partial charge < -0.3 is 20.2 Å². The number of oxime groups is 1. The molecule has 8 nitrogen and oxygen atoms in total. The third-order valence-corrected chi connectivity index (χ3v) is 7.96. The van der Waals surface area contributed by atoms with E-state index in [0.717, 1.165) is 21.3 Å². The predicted octanol–water partition coefficient (Wildman–Crippen LogP) is 3.36. The second-order valence-corrected chi connectivity index (χ2v) is 9.21. The summed E-state index contributed by atoms with van der Waals surface area (Å²) >= 11 is 3.73. The third kappa shape index (κ3) is 2.29. The van der Waals surface area contributed by atoms with Crippen molar-refractivity contribution in [3.63, 3.8) is 0 Å². The second-order valence-electron chi connectivity index (χ2n) is 8.36. The molecule has 1 spiro atoms. The molecule has 3 aliphatic heterocycles. The largest absolute Gasteiger partial charge is 0.452 e. The van der Waals surface area contributed by atoms with Crippen LogP contribution < -0.4 is 15.1 Å². The zero-order valence-corrected chi connectivity index (χ0v) is 19.3. The molecule has 2 aromatic carbocycles. The number of anilines is 2. The van der Waals surface area contributed by atoms with Crippen LogP contribution in [0.4, 0.5) is 16.2 Å². The number of halogens is 1. The summed E-state index contributed by atoms with van der Waals surface area (Å²) in [5.74, 6) is -0.0946. The van der Waals surface area contributed by atoms with Crippen LogP contribution in [0.15, 0.2) is 52.1 Å². The molecule has 0 bridgehead atoms. The van der Waals surface area contributed by atoms with Crippen LogP contribution in [0.25, 0.3) is 0 Å². The number of nitrogens with zero attached hydrogens (tertiary/aromatic N) is 3. The number of carbonyl (C=O) groups excluding carboxylic acids is 2. The zero-order valence-electron chi connectivity index (χ0n) is 17.7. The molecule has 1 saturated heterocycles. The molecule has 0 aliphatic carbocycles. The highest BCUT2D eigenvalue weighted by molar-refractivity contribution is 9.10. The maximum Gasteiger partial charge on any atom is 0.415 e. The Kier molecular flexibility index (Phi) is 4.70. The number of para-hydroxylation sites is 1. The summed E-state index contributed by atoms with van der Waals surface area (Å²) in [6.45, 7) is 0.514. The van der Waals surface area contributed by atoms with E-state index in [-0.39, 0.29) is 12.3 Å². The number of carbonyl (C=O) groups is 2. The Balaban J connectivity index is 1.97. The molecule has 32 heavy (non-hydrogen) atoms. The molecule has 1 fully saturated rings. The minimum atomic E-state index is -0.983. The van der Waals surface area contributed by atoms with Crippen molar-refractivity contribution in [2.45, 2.75) is 29.8 Å². The van der Waals surface area contributed by atoms with Crippen LogP contribution in [0, 0.1) is 0 Å². The topological polar surface area (TPSA) is 94.5 Å². The van der Waals surface area contributed by atoms with Crippen LogP contribution in [0.5, 0.6) is 0 Å². The average Bonchev–Trinajstić information content (AvgIpc) is 3.31. The van der Waals surface area contributed by atoms with Gasteiger partial charge in [-0.05, 0) is 30.2 Å². The van der Waals surface area contributed by atoms with Gasteiger partial charge in [-0.2, -0.15) is 0 Å². The lowest BCUT2D eigenvalue weighted by molar-refractivity contribution is -0.127. The minimum Gasteiger partial charge on any atom is -0.452 e. The lowest BCUT2D eigenvalue weighted by Crippen LogP contribution is -2.70. The molecular weight excluding hydrogens is 476 g/mol. The number of fused-ring (bicyclic) bond motifs is 6. The summed E-state index contributed by atoms with van der Waals surface area (Å²) in [5, 5.41) is 15.8. The summed E-state index contributed by atoms with van der Waals surface area (Å²) in [5.41, 5.74) is 1.30. The number of ether oxygens (including phenoxy) is 1. The van der Waals surface area contributed by atoms with Crippen LogP contribution in [-0.4, -0.2) is 50.3 Å². The van der Waals surface area contributed by atoms with Gasteiger partial charge >= 0.3 is 6.09 Å². The van der Waals surface area contributed by atoms with Crippen molar-refractivity contribution < 1.29 is 19.5 Å². The number of rotatable bonds is 2. The highest BCUT2D eigenvalue weighted by Gasteiger charge is 2.72. The van der Waals surface area contributed by atoms with Gasteiger partial charge in [0.1, 0.15) is 6.17 Å². The number of likely N-dealkylation sites (N-methyl/N-ethyl adjacent to an activating group) is 1.